The molecule has 0 aliphatic carbocycles. The number of carbonyl (C=O) groups is 1. The Labute approximate surface area is 218 Å². The van der Waals surface area contributed by atoms with Gasteiger partial charge in [0.1, 0.15) is 4.21 Å². The first kappa shape index (κ1) is 27.3. The number of hydrogen-bond acceptors (Lipinski definition) is 5. The van der Waals surface area contributed by atoms with Gasteiger partial charge in [-0.25, -0.2) is 13.1 Å². The first-order chi connectivity index (χ1) is 17.6. The van der Waals surface area contributed by atoms with Crippen LogP contribution in [0.5, 0.6) is 0 Å². The van der Waals surface area contributed by atoms with E-state index in [1.54, 1.807) is 30.3 Å². The van der Waals surface area contributed by atoms with E-state index in [1.165, 1.54) is 18.2 Å². The smallest absolute Gasteiger partial charge is 0.347 e. The molecule has 2 N–H and O–H groups in total. The lowest BCUT2D eigenvalue weighted by molar-refractivity contribution is -0.137. The Kier molecular flexibility index (Phi) is 8.68. The number of thiophene rings is 1. The van der Waals surface area contributed by atoms with Crippen molar-refractivity contribution in [2.45, 2.75) is 36.3 Å². The van der Waals surface area contributed by atoms with Crippen LogP contribution in [0, 0.1) is 5.92 Å². The monoisotopic (exact) mass is 551 g/mol. The molecule has 1 atom stereocenters. The molecule has 37 heavy (non-hydrogen) atoms. The summed E-state index contributed by atoms with van der Waals surface area (Å²) in [5.74, 6) is -0.128. The summed E-state index contributed by atoms with van der Waals surface area (Å²) in [4.78, 5) is 15.1. The van der Waals surface area contributed by atoms with Crippen molar-refractivity contribution in [3.63, 3.8) is 0 Å². The Bertz CT molecular complexity index is 1290. The summed E-state index contributed by atoms with van der Waals surface area (Å²) in [7, 11) is -3.69. The molecule has 1 saturated heterocycles. The molecule has 11 heteroatoms. The predicted octanol–water partition coefficient (Wildman–Crippen LogP) is 4.89. The summed E-state index contributed by atoms with van der Waals surface area (Å²) in [5.41, 5.74) is 0.658. The second-order valence-corrected chi connectivity index (χ2v) is 12.2. The summed E-state index contributed by atoms with van der Waals surface area (Å²) in [6, 6.07) is 17.2. The summed E-state index contributed by atoms with van der Waals surface area (Å²) in [5, 5.41) is 2.79. The van der Waals surface area contributed by atoms with E-state index in [1.807, 2.05) is 6.07 Å². The molecule has 4 rings (SSSR count). The maximum absolute atomic E-state index is 12.8. The van der Waals surface area contributed by atoms with Crippen molar-refractivity contribution in [3.8, 4) is 0 Å². The van der Waals surface area contributed by atoms with Crippen molar-refractivity contribution in [1.29, 1.82) is 0 Å². The fourth-order valence-electron chi connectivity index (χ4n) is 4.27. The van der Waals surface area contributed by atoms with E-state index in [9.17, 15) is 26.4 Å². The number of rotatable bonds is 9. The fraction of sp³-hybridized carbons (Fsp3) is 0.346. The third-order valence-corrected chi connectivity index (χ3v) is 9.21. The average Bonchev–Trinajstić information content (AvgIpc) is 3.37. The molecular formula is C26H28F3N3O3S2. The van der Waals surface area contributed by atoms with Crippen molar-refractivity contribution in [3.05, 3.63) is 88.3 Å². The Morgan fingerprint density at radius 2 is 1.76 bits per heavy atom. The first-order valence-electron chi connectivity index (χ1n) is 11.9. The van der Waals surface area contributed by atoms with E-state index in [-0.39, 0.29) is 29.1 Å². The molecule has 3 aromatic rings. The summed E-state index contributed by atoms with van der Waals surface area (Å²) >= 11 is 1.11. The average molecular weight is 552 g/mol. The van der Waals surface area contributed by atoms with E-state index in [0.29, 0.717) is 18.7 Å². The van der Waals surface area contributed by atoms with Crippen LogP contribution in [0.15, 0.2) is 70.9 Å². The van der Waals surface area contributed by atoms with Crippen LogP contribution >= 0.6 is 11.3 Å². The molecule has 0 saturated carbocycles. The molecule has 198 valence electrons. The molecule has 0 bridgehead atoms. The second-order valence-electron chi connectivity index (χ2n) is 9.06. The van der Waals surface area contributed by atoms with E-state index in [4.69, 9.17) is 0 Å². The van der Waals surface area contributed by atoms with Gasteiger partial charge in [-0.2, -0.15) is 13.2 Å². The molecule has 1 unspecified atom stereocenters. The minimum Gasteiger partial charge on any atom is -0.347 e. The fourth-order valence-corrected chi connectivity index (χ4v) is 6.73. The molecular weight excluding hydrogens is 523 g/mol. The number of halogens is 3. The van der Waals surface area contributed by atoms with Crippen molar-refractivity contribution in [1.82, 2.24) is 14.9 Å². The number of nitrogens with zero attached hydrogens (tertiary/aromatic N) is 1. The molecule has 0 radical (unpaired) electrons. The van der Waals surface area contributed by atoms with E-state index in [0.717, 1.165) is 53.3 Å². The Morgan fingerprint density at radius 1 is 1.03 bits per heavy atom. The number of sulfonamides is 1. The van der Waals surface area contributed by atoms with Gasteiger partial charge >= 0.3 is 6.18 Å². The molecule has 1 amide bonds. The van der Waals surface area contributed by atoms with Gasteiger partial charge < -0.3 is 5.32 Å². The lowest BCUT2D eigenvalue weighted by Crippen LogP contribution is -2.40. The van der Waals surface area contributed by atoms with Crippen molar-refractivity contribution < 1.29 is 26.4 Å². The number of nitrogens with one attached hydrogen (secondary N) is 2. The minimum absolute atomic E-state index is 0.0996. The van der Waals surface area contributed by atoms with Crippen LogP contribution in [-0.4, -0.2) is 38.9 Å². The SMILES string of the molecule is O=C(NCc1ccc(S(=O)(=O)NCC2CCCN(Cc3ccc(C(F)(F)F)cc3)C2)s1)c1ccccc1. The Hall–Kier alpha value is -2.73. The normalized spacial score (nSPS) is 17.0. The van der Waals surface area contributed by atoms with Crippen LogP contribution in [0.1, 0.15) is 39.2 Å². The van der Waals surface area contributed by atoms with Crippen LogP contribution < -0.4 is 10.0 Å². The Morgan fingerprint density at radius 3 is 2.46 bits per heavy atom. The zero-order valence-electron chi connectivity index (χ0n) is 20.0. The molecule has 1 aliphatic rings. The molecule has 2 aromatic carbocycles. The maximum Gasteiger partial charge on any atom is 0.416 e. The van der Waals surface area contributed by atoms with Gasteiger partial charge in [0.2, 0.25) is 10.0 Å². The van der Waals surface area contributed by atoms with Gasteiger partial charge in [0, 0.05) is 30.1 Å². The first-order valence-corrected chi connectivity index (χ1v) is 14.2. The van der Waals surface area contributed by atoms with Crippen molar-refractivity contribution in [2.75, 3.05) is 19.6 Å². The number of likely N-dealkylation sites (tertiary alicyclic amines) is 1. The zero-order chi connectivity index (χ0) is 26.5. The number of hydrogen-bond donors (Lipinski definition) is 2. The van der Waals surface area contributed by atoms with E-state index < -0.39 is 21.8 Å². The quantitative estimate of drug-likeness (QED) is 0.397. The van der Waals surface area contributed by atoms with Gasteiger partial charge in [0.25, 0.3) is 5.91 Å². The maximum atomic E-state index is 12.8. The molecule has 0 spiro atoms. The van der Waals surface area contributed by atoms with Gasteiger partial charge in [0.15, 0.2) is 0 Å². The van der Waals surface area contributed by atoms with Gasteiger partial charge in [-0.3, -0.25) is 9.69 Å². The lowest BCUT2D eigenvalue weighted by Gasteiger charge is -2.32. The molecule has 1 aromatic heterocycles. The van der Waals surface area contributed by atoms with Crippen LogP contribution in [0.2, 0.25) is 0 Å². The largest absolute Gasteiger partial charge is 0.416 e. The van der Waals surface area contributed by atoms with Crippen LogP contribution in [0.4, 0.5) is 13.2 Å². The van der Waals surface area contributed by atoms with Crippen LogP contribution in [-0.2, 0) is 29.3 Å². The lowest BCUT2D eigenvalue weighted by atomic mass is 9.98. The third kappa shape index (κ3) is 7.64. The van der Waals surface area contributed by atoms with Gasteiger partial charge in [-0.15, -0.1) is 11.3 Å². The highest BCUT2D eigenvalue weighted by molar-refractivity contribution is 7.91. The van der Waals surface area contributed by atoms with Crippen LogP contribution in [0.3, 0.4) is 0 Å². The highest BCUT2D eigenvalue weighted by atomic mass is 32.2. The van der Waals surface area contributed by atoms with E-state index >= 15 is 0 Å². The van der Waals surface area contributed by atoms with E-state index in [2.05, 4.69) is 14.9 Å². The molecule has 2 heterocycles. The van der Waals surface area contributed by atoms with Crippen molar-refractivity contribution in [2.24, 2.45) is 5.92 Å². The third-order valence-electron chi connectivity index (χ3n) is 6.21. The van der Waals surface area contributed by atoms with Gasteiger partial charge in [0.05, 0.1) is 12.1 Å². The highest BCUT2D eigenvalue weighted by Gasteiger charge is 2.30. The highest BCUT2D eigenvalue weighted by Crippen LogP contribution is 2.29. The molecule has 6 nitrogen and oxygen atoms in total. The molecule has 1 fully saturated rings. The number of benzene rings is 2. The number of carbonyl (C=O) groups excluding carboxylic acids is 1. The van der Waals surface area contributed by atoms with Crippen molar-refractivity contribution >= 4 is 27.3 Å². The predicted molar refractivity (Wildman–Crippen MR) is 137 cm³/mol. The summed E-state index contributed by atoms with van der Waals surface area (Å²) < 4.78 is 66.9. The second kappa shape index (κ2) is 11.8. The van der Waals surface area contributed by atoms with Crippen LogP contribution in [0.25, 0.3) is 0 Å². The topological polar surface area (TPSA) is 78.5 Å². The number of piperidine rings is 1. The van der Waals surface area contributed by atoms with Gasteiger partial charge in [-0.05, 0) is 67.3 Å². The minimum atomic E-state index is -4.36. The zero-order valence-corrected chi connectivity index (χ0v) is 21.6. The molecule has 1 aliphatic heterocycles. The number of alkyl halides is 3. The summed E-state index contributed by atoms with van der Waals surface area (Å²) in [6.07, 6.45) is -2.60. The number of amides is 1. The standard InChI is InChI=1S/C26H28F3N3O3S2/c27-26(28,29)22-10-8-19(9-11-22)17-32-14-4-5-20(18-32)15-31-37(34,35)24-13-12-23(36-24)16-30-25(33)21-6-2-1-3-7-21/h1-3,6-13,20,31H,4-5,14-18H2,(H,30,33). The Balaban J connectivity index is 1.26. The van der Waals surface area contributed by atoms with Gasteiger partial charge in [-0.1, -0.05) is 30.3 Å². The summed E-state index contributed by atoms with van der Waals surface area (Å²) in [6.45, 7) is 2.50.